The molecule has 0 radical (unpaired) electrons. The van der Waals surface area contributed by atoms with E-state index in [2.05, 4.69) is 31.7 Å². The van der Waals surface area contributed by atoms with Crippen LogP contribution in [0, 0.1) is 12.8 Å². The molecule has 2 aromatic rings. The van der Waals surface area contributed by atoms with Crippen LogP contribution in [0.25, 0.3) is 0 Å². The molecule has 7 heteroatoms. The number of aromatic nitrogens is 3. The predicted molar refractivity (Wildman–Crippen MR) is 81.9 cm³/mol. The lowest BCUT2D eigenvalue weighted by Gasteiger charge is -2.24. The van der Waals surface area contributed by atoms with E-state index in [-0.39, 0.29) is 0 Å². The average Bonchev–Trinajstić information content (AvgIpc) is 3.15. The summed E-state index contributed by atoms with van der Waals surface area (Å²) in [6.07, 6.45) is 1.27. The highest BCUT2D eigenvalue weighted by Gasteiger charge is 2.20. The van der Waals surface area contributed by atoms with Gasteiger partial charge in [0.1, 0.15) is 0 Å². The largest absolute Gasteiger partial charge is 0.316 e. The van der Waals surface area contributed by atoms with Gasteiger partial charge in [0.05, 0.1) is 16.9 Å². The molecule has 1 unspecified atom stereocenters. The Morgan fingerprint density at radius 3 is 3.05 bits per heavy atom. The van der Waals surface area contributed by atoms with E-state index in [9.17, 15) is 0 Å². The van der Waals surface area contributed by atoms with Gasteiger partial charge in [0.25, 0.3) is 0 Å². The molecule has 0 bridgehead atoms. The zero-order valence-electron chi connectivity index (χ0n) is 11.6. The van der Waals surface area contributed by atoms with Crippen LogP contribution in [0.2, 0.25) is 0 Å². The highest BCUT2D eigenvalue weighted by molar-refractivity contribution is 7.09. The Bertz CT molecular complexity index is 519. The Morgan fingerprint density at radius 2 is 2.40 bits per heavy atom. The monoisotopic (exact) mass is 309 g/mol. The number of nitrogens with one attached hydrogen (secondary N) is 1. The molecule has 1 aliphatic heterocycles. The third kappa shape index (κ3) is 3.60. The van der Waals surface area contributed by atoms with Crippen LogP contribution in [0.5, 0.6) is 0 Å². The molecule has 1 atom stereocenters. The third-order valence-electron chi connectivity index (χ3n) is 3.68. The maximum Gasteiger partial charge on any atom is 0.0895 e. The zero-order valence-corrected chi connectivity index (χ0v) is 13.2. The van der Waals surface area contributed by atoms with Crippen molar-refractivity contribution in [2.24, 2.45) is 5.92 Å². The summed E-state index contributed by atoms with van der Waals surface area (Å²) in [6, 6.07) is 0. The summed E-state index contributed by atoms with van der Waals surface area (Å²) in [6.45, 7) is 7.33. The summed E-state index contributed by atoms with van der Waals surface area (Å²) in [5.41, 5.74) is 4.16. The molecular weight excluding hydrogens is 290 g/mol. The molecule has 5 nitrogen and oxygen atoms in total. The van der Waals surface area contributed by atoms with Gasteiger partial charge < -0.3 is 5.32 Å². The first-order chi connectivity index (χ1) is 9.81. The Kier molecular flexibility index (Phi) is 4.72. The fraction of sp³-hybridized carbons (Fsp3) is 0.615. The lowest BCUT2D eigenvalue weighted by Crippen LogP contribution is -2.30. The van der Waals surface area contributed by atoms with E-state index in [1.165, 1.54) is 22.8 Å². The van der Waals surface area contributed by atoms with Gasteiger partial charge in [-0.3, -0.25) is 4.90 Å². The second-order valence-corrected chi connectivity index (χ2v) is 6.83. The number of thiazole rings is 1. The summed E-state index contributed by atoms with van der Waals surface area (Å²) in [5.74, 6) is 0.745. The molecule has 1 saturated heterocycles. The van der Waals surface area contributed by atoms with Gasteiger partial charge in [-0.25, -0.2) is 4.98 Å². The maximum absolute atomic E-state index is 4.35. The van der Waals surface area contributed by atoms with Gasteiger partial charge in [-0.2, -0.15) is 0 Å². The molecule has 2 aromatic heterocycles. The Balaban J connectivity index is 1.67. The number of hydrogen-bond donors (Lipinski definition) is 1. The Morgan fingerprint density at radius 1 is 1.45 bits per heavy atom. The molecule has 3 heterocycles. The highest BCUT2D eigenvalue weighted by Crippen LogP contribution is 2.19. The summed E-state index contributed by atoms with van der Waals surface area (Å²) in [5, 5.41) is 9.67. The third-order valence-corrected chi connectivity index (χ3v) is 5.15. The molecule has 1 N–H and O–H groups in total. The van der Waals surface area contributed by atoms with Crippen LogP contribution in [-0.4, -0.2) is 39.1 Å². The van der Waals surface area contributed by atoms with Crippen LogP contribution in [-0.2, 0) is 13.1 Å². The highest BCUT2D eigenvalue weighted by atomic mass is 32.1. The zero-order chi connectivity index (χ0) is 13.8. The molecular formula is C13H19N5S2. The first-order valence-corrected chi connectivity index (χ1v) is 8.61. The molecule has 0 amide bonds. The number of aryl methyl sites for hydroxylation is 1. The minimum Gasteiger partial charge on any atom is -0.316 e. The van der Waals surface area contributed by atoms with E-state index in [0.717, 1.165) is 50.0 Å². The molecule has 0 saturated carbocycles. The quantitative estimate of drug-likeness (QED) is 0.883. The van der Waals surface area contributed by atoms with Gasteiger partial charge >= 0.3 is 0 Å². The first-order valence-electron chi connectivity index (χ1n) is 6.89. The predicted octanol–water partition coefficient (Wildman–Crippen LogP) is 1.91. The standard InChI is InChI=1S/C13H19N5S2/c1-10-13(19-9-15-10)7-18(5-11-2-3-14-4-11)6-12-8-20-17-16-12/h8-9,11,14H,2-7H2,1H3. The van der Waals surface area contributed by atoms with Gasteiger partial charge in [0.2, 0.25) is 0 Å². The van der Waals surface area contributed by atoms with Crippen molar-refractivity contribution in [3.63, 3.8) is 0 Å². The molecule has 1 fully saturated rings. The number of rotatable bonds is 6. The second-order valence-electron chi connectivity index (χ2n) is 5.29. The van der Waals surface area contributed by atoms with Gasteiger partial charge in [-0.1, -0.05) is 4.49 Å². The van der Waals surface area contributed by atoms with Crippen LogP contribution in [0.1, 0.15) is 22.7 Å². The lowest BCUT2D eigenvalue weighted by atomic mass is 10.1. The molecule has 108 valence electrons. The first kappa shape index (κ1) is 14.1. The van der Waals surface area contributed by atoms with Crippen LogP contribution >= 0.6 is 22.9 Å². The number of hydrogen-bond acceptors (Lipinski definition) is 7. The number of nitrogens with zero attached hydrogens (tertiary/aromatic N) is 4. The van der Waals surface area contributed by atoms with E-state index >= 15 is 0 Å². The van der Waals surface area contributed by atoms with Crippen molar-refractivity contribution in [3.8, 4) is 0 Å². The molecule has 3 rings (SSSR count). The van der Waals surface area contributed by atoms with E-state index in [0.29, 0.717) is 0 Å². The molecule has 0 spiro atoms. The van der Waals surface area contributed by atoms with Crippen LogP contribution < -0.4 is 5.32 Å². The van der Waals surface area contributed by atoms with E-state index < -0.39 is 0 Å². The smallest absolute Gasteiger partial charge is 0.0895 e. The van der Waals surface area contributed by atoms with Gasteiger partial charge in [-0.05, 0) is 43.9 Å². The van der Waals surface area contributed by atoms with E-state index in [1.807, 2.05) is 10.9 Å². The molecule has 1 aliphatic rings. The van der Waals surface area contributed by atoms with Crippen molar-refractivity contribution < 1.29 is 0 Å². The van der Waals surface area contributed by atoms with Gasteiger partial charge in [-0.15, -0.1) is 16.4 Å². The normalized spacial score (nSPS) is 19.0. The summed E-state index contributed by atoms with van der Waals surface area (Å²) < 4.78 is 3.96. The summed E-state index contributed by atoms with van der Waals surface area (Å²) in [4.78, 5) is 8.19. The Hall–Kier alpha value is -0.890. The summed E-state index contributed by atoms with van der Waals surface area (Å²) in [7, 11) is 0. The van der Waals surface area contributed by atoms with Gasteiger partial charge in [0, 0.05) is 29.9 Å². The topological polar surface area (TPSA) is 53.9 Å². The molecule has 20 heavy (non-hydrogen) atoms. The van der Waals surface area contributed by atoms with Crippen LogP contribution in [0.3, 0.4) is 0 Å². The SMILES string of the molecule is Cc1ncsc1CN(Cc1csnn1)CC1CCNC1. The van der Waals surface area contributed by atoms with Crippen molar-refractivity contribution in [1.82, 2.24) is 24.8 Å². The van der Waals surface area contributed by atoms with Gasteiger partial charge in [0.15, 0.2) is 0 Å². The minimum atomic E-state index is 0.745. The van der Waals surface area contributed by atoms with Crippen molar-refractivity contribution in [2.45, 2.75) is 26.4 Å². The van der Waals surface area contributed by atoms with Crippen molar-refractivity contribution >= 4 is 22.9 Å². The van der Waals surface area contributed by atoms with Crippen LogP contribution in [0.4, 0.5) is 0 Å². The average molecular weight is 309 g/mol. The van der Waals surface area contributed by atoms with Crippen molar-refractivity contribution in [2.75, 3.05) is 19.6 Å². The lowest BCUT2D eigenvalue weighted by molar-refractivity contribution is 0.219. The van der Waals surface area contributed by atoms with E-state index in [1.54, 1.807) is 11.3 Å². The maximum atomic E-state index is 4.35. The van der Waals surface area contributed by atoms with E-state index in [4.69, 9.17) is 0 Å². The van der Waals surface area contributed by atoms with Crippen molar-refractivity contribution in [1.29, 1.82) is 0 Å². The van der Waals surface area contributed by atoms with Crippen LogP contribution in [0.15, 0.2) is 10.9 Å². The fourth-order valence-electron chi connectivity index (χ4n) is 2.58. The summed E-state index contributed by atoms with van der Waals surface area (Å²) >= 11 is 3.17. The van der Waals surface area contributed by atoms with Crippen molar-refractivity contribution in [3.05, 3.63) is 27.2 Å². The Labute approximate surface area is 127 Å². The molecule has 0 aliphatic carbocycles. The second kappa shape index (κ2) is 6.71. The molecule has 0 aromatic carbocycles. The fourth-order valence-corrected chi connectivity index (χ4v) is 3.84. The minimum absolute atomic E-state index is 0.745.